The van der Waals surface area contributed by atoms with Crippen molar-refractivity contribution < 1.29 is 70.9 Å². The van der Waals surface area contributed by atoms with Crippen LogP contribution in [0.2, 0.25) is 0 Å². The minimum absolute atomic E-state index is 0. The van der Waals surface area contributed by atoms with Gasteiger partial charge >= 0.3 is 23.1 Å². The monoisotopic (exact) mass is 414 g/mol. The number of aliphatic hydroxyl groups excluding tert-OH is 10. The first-order chi connectivity index (χ1) is 11.8. The molecule has 0 fully saturated rings. The zero-order valence-electron chi connectivity index (χ0n) is 13.8. The van der Waals surface area contributed by atoms with Gasteiger partial charge in [-0.05, 0) is 0 Å². The number of carbonyl (C=O) groups is 2. The van der Waals surface area contributed by atoms with Crippen LogP contribution in [0.3, 0.4) is 0 Å². The number of carboxylic acid groups (broad SMARTS) is 2. The number of carbonyl (C=O) groups excluding carboxylic acids is 2. The summed E-state index contributed by atoms with van der Waals surface area (Å²) in [4.78, 5) is 20.0. The molecule has 14 nitrogen and oxygen atoms in total. The van der Waals surface area contributed by atoms with Crippen LogP contribution in [-0.4, -0.2) is 148 Å². The average molecular weight is 415 g/mol. The Kier molecular flexibility index (Phi) is 17.5. The number of aliphatic hydroxyl groups is 10. The summed E-state index contributed by atoms with van der Waals surface area (Å²) in [5, 5.41) is 107. The van der Waals surface area contributed by atoms with Crippen molar-refractivity contribution in [3.05, 3.63) is 0 Å². The van der Waals surface area contributed by atoms with Gasteiger partial charge in [0.2, 0.25) is 0 Å². The molecule has 0 spiro atoms. The van der Waals surface area contributed by atoms with Crippen molar-refractivity contribution in [2.24, 2.45) is 0 Å². The van der Waals surface area contributed by atoms with Crippen LogP contribution in [0.25, 0.3) is 0 Å². The van der Waals surface area contributed by atoms with E-state index in [1.54, 1.807) is 0 Å². The van der Waals surface area contributed by atoms with E-state index in [0.29, 0.717) is 0 Å². The molecule has 15 heteroatoms. The first-order valence-electron chi connectivity index (χ1n) is 6.91. The molecule has 156 valence electrons. The Morgan fingerprint density at radius 1 is 0.593 bits per heavy atom. The van der Waals surface area contributed by atoms with Gasteiger partial charge in [0.25, 0.3) is 0 Å². The molecule has 8 atom stereocenters. The van der Waals surface area contributed by atoms with Crippen molar-refractivity contribution in [3.8, 4) is 0 Å². The third kappa shape index (κ3) is 11.0. The van der Waals surface area contributed by atoms with Gasteiger partial charge < -0.3 is 70.9 Å². The van der Waals surface area contributed by atoms with Crippen molar-refractivity contribution in [2.45, 2.75) is 48.8 Å². The number of hydrogen-bond acceptors (Lipinski definition) is 14. The summed E-state index contributed by atoms with van der Waals surface area (Å²) in [6.07, 6.45) is -16.2. The molecule has 0 aliphatic heterocycles. The van der Waals surface area contributed by atoms with Gasteiger partial charge in [-0.25, -0.2) is 0 Å². The Hall–Kier alpha value is -0.694. The average Bonchev–Trinajstić information content (AvgIpc) is 2.62. The Balaban J connectivity index is -0.000000411. The Labute approximate surface area is 168 Å². The molecule has 0 saturated carbocycles. The molecule has 0 rings (SSSR count). The molecule has 0 heterocycles. The minimum Gasteiger partial charge on any atom is -0.547 e. The Morgan fingerprint density at radius 2 is 0.815 bits per heavy atom. The molecule has 10 N–H and O–H groups in total. The molecule has 0 aliphatic carbocycles. The summed E-state index contributed by atoms with van der Waals surface area (Å²) >= 11 is 0. The first kappa shape index (κ1) is 31.0. The second-order valence-electron chi connectivity index (χ2n) is 4.99. The van der Waals surface area contributed by atoms with Gasteiger partial charge in [-0.3, -0.25) is 0 Å². The van der Waals surface area contributed by atoms with Gasteiger partial charge in [0.1, 0.15) is 48.8 Å². The van der Waals surface area contributed by atoms with Gasteiger partial charge in [0.15, 0.2) is 0 Å². The summed E-state index contributed by atoms with van der Waals surface area (Å²) < 4.78 is 0. The Bertz CT molecular complexity index is 385. The number of hydrogen-bond donors (Lipinski definition) is 10. The van der Waals surface area contributed by atoms with E-state index in [1.807, 2.05) is 0 Å². The molecule has 0 radical (unpaired) electrons. The first-order valence-corrected chi connectivity index (χ1v) is 6.91. The zero-order chi connectivity index (χ0) is 21.2. The van der Waals surface area contributed by atoms with E-state index in [2.05, 4.69) is 0 Å². The van der Waals surface area contributed by atoms with E-state index >= 15 is 0 Å². The van der Waals surface area contributed by atoms with Crippen LogP contribution in [0.5, 0.6) is 0 Å². The zero-order valence-corrected chi connectivity index (χ0v) is 15.3. The SMILES string of the molecule is O=C([O-])[C@@H](O)[C@@H](O)[C@H](O)[C@H](O)CO.O=C([O-])[C@@H](O)[C@@H](O)[C@H](O)[C@H](O)CO.[Mg+2]. The topological polar surface area (TPSA) is 283 Å². The smallest absolute Gasteiger partial charge is 0.547 e. The standard InChI is InChI=1S/2C6H12O7.Mg/c2*7-1-2(8)3(9)4(10)5(11)6(12)13;/h2*2-5,7-11H,1H2,(H,12,13);/q;;+2/p-2/t2*2-,3-,4+,5+;/m11./s1. The minimum atomic E-state index is -2.31. The van der Waals surface area contributed by atoms with Gasteiger partial charge in [0, 0.05) is 0 Å². The van der Waals surface area contributed by atoms with Crippen LogP contribution >= 0.6 is 0 Å². The fourth-order valence-corrected chi connectivity index (χ4v) is 1.32. The number of aliphatic carboxylic acids is 2. The molecule has 0 aromatic carbocycles. The Morgan fingerprint density at radius 3 is 0.963 bits per heavy atom. The predicted molar refractivity (Wildman–Crippen MR) is 78.0 cm³/mol. The maximum atomic E-state index is 9.98. The van der Waals surface area contributed by atoms with E-state index in [9.17, 15) is 19.8 Å². The third-order valence-corrected chi connectivity index (χ3v) is 2.99. The van der Waals surface area contributed by atoms with Crippen molar-refractivity contribution in [3.63, 3.8) is 0 Å². The molecule has 0 amide bonds. The second kappa shape index (κ2) is 15.3. The fraction of sp³-hybridized carbons (Fsp3) is 0.833. The van der Waals surface area contributed by atoms with Crippen molar-refractivity contribution in [1.29, 1.82) is 0 Å². The van der Waals surface area contributed by atoms with E-state index < -0.39 is 74.0 Å². The quantitative estimate of drug-likeness (QED) is 0.148. The molecule has 0 aromatic heterocycles. The number of rotatable bonds is 10. The fourth-order valence-electron chi connectivity index (χ4n) is 1.32. The summed E-state index contributed by atoms with van der Waals surface area (Å²) in [6, 6.07) is 0. The predicted octanol–water partition coefficient (Wildman–Crippen LogP) is -10.0. The van der Waals surface area contributed by atoms with Gasteiger partial charge in [-0.2, -0.15) is 0 Å². The van der Waals surface area contributed by atoms with E-state index in [-0.39, 0.29) is 23.1 Å². The van der Waals surface area contributed by atoms with Crippen LogP contribution in [0, 0.1) is 0 Å². The summed E-state index contributed by atoms with van der Waals surface area (Å²) in [5.74, 6) is -3.95. The van der Waals surface area contributed by atoms with E-state index in [1.165, 1.54) is 0 Å². The maximum Gasteiger partial charge on any atom is 2.00 e. The van der Waals surface area contributed by atoms with Crippen molar-refractivity contribution in [2.75, 3.05) is 13.2 Å². The van der Waals surface area contributed by atoms with Crippen molar-refractivity contribution in [1.82, 2.24) is 0 Å². The molecule has 0 aliphatic rings. The molecular formula is C12H22MgO14. The van der Waals surface area contributed by atoms with E-state index in [0.717, 1.165) is 0 Å². The molecule has 0 saturated heterocycles. The third-order valence-electron chi connectivity index (χ3n) is 2.99. The van der Waals surface area contributed by atoms with Gasteiger partial charge in [0.05, 0.1) is 25.2 Å². The molecule has 0 bridgehead atoms. The van der Waals surface area contributed by atoms with Gasteiger partial charge in [-0.15, -0.1) is 0 Å². The normalized spacial score (nSPS) is 19.6. The molecule has 27 heavy (non-hydrogen) atoms. The largest absolute Gasteiger partial charge is 2.00 e. The van der Waals surface area contributed by atoms with Crippen LogP contribution in [-0.2, 0) is 9.59 Å². The van der Waals surface area contributed by atoms with Gasteiger partial charge in [-0.1, -0.05) is 0 Å². The summed E-state index contributed by atoms with van der Waals surface area (Å²) in [6.45, 7) is -1.73. The molecule has 0 aromatic rings. The second-order valence-corrected chi connectivity index (χ2v) is 4.99. The van der Waals surface area contributed by atoms with E-state index in [4.69, 9.17) is 51.1 Å². The maximum absolute atomic E-state index is 9.98. The summed E-state index contributed by atoms with van der Waals surface area (Å²) in [5.41, 5.74) is 0. The number of carboxylic acids is 2. The van der Waals surface area contributed by atoms with Crippen LogP contribution in [0.4, 0.5) is 0 Å². The molecule has 0 unspecified atom stereocenters. The van der Waals surface area contributed by atoms with Crippen molar-refractivity contribution >= 4 is 35.0 Å². The van der Waals surface area contributed by atoms with Crippen LogP contribution in [0.1, 0.15) is 0 Å². The molecular weight excluding hydrogens is 392 g/mol. The summed E-state index contributed by atoms with van der Waals surface area (Å²) in [7, 11) is 0. The van der Waals surface area contributed by atoms with Crippen LogP contribution < -0.4 is 10.2 Å². The van der Waals surface area contributed by atoms with Crippen LogP contribution in [0.15, 0.2) is 0 Å².